The molecule has 0 aromatic heterocycles. The number of carbonyl (C=O) groups is 5. The molecule has 0 heterocycles. The lowest BCUT2D eigenvalue weighted by Crippen LogP contribution is -2.56. The highest BCUT2D eigenvalue weighted by Gasteiger charge is 2.30. The fourth-order valence-electron chi connectivity index (χ4n) is 5.52. The molecule has 3 amide bonds. The van der Waals surface area contributed by atoms with E-state index in [1.165, 1.54) is 18.2 Å². The first-order chi connectivity index (χ1) is 25.8. The van der Waals surface area contributed by atoms with Crippen molar-refractivity contribution < 1.29 is 43.7 Å². The van der Waals surface area contributed by atoms with E-state index in [1.807, 2.05) is 66.7 Å². The highest BCUT2D eigenvalue weighted by Crippen LogP contribution is 2.22. The maximum absolute atomic E-state index is 14.1. The molecule has 4 aromatic carbocycles. The van der Waals surface area contributed by atoms with Gasteiger partial charge in [0.2, 0.25) is 11.8 Å². The van der Waals surface area contributed by atoms with Crippen LogP contribution in [0.3, 0.4) is 0 Å². The van der Waals surface area contributed by atoms with Gasteiger partial charge in [-0.3, -0.25) is 9.59 Å². The van der Waals surface area contributed by atoms with Crippen molar-refractivity contribution in [3.05, 3.63) is 137 Å². The summed E-state index contributed by atoms with van der Waals surface area (Å²) in [6, 6.07) is 29.7. The molecule has 13 nitrogen and oxygen atoms in total. The number of nitrogens with one attached hydrogen (secondary N) is 4. The van der Waals surface area contributed by atoms with Crippen molar-refractivity contribution in [1.29, 1.82) is 0 Å². The van der Waals surface area contributed by atoms with Crippen LogP contribution in [0.4, 0.5) is 4.79 Å². The van der Waals surface area contributed by atoms with Gasteiger partial charge in [0.05, 0.1) is 0 Å². The molecular weight excluding hydrogens is 692 g/mol. The minimum Gasteiger partial charge on any atom is -0.481 e. The number of aromatic carboxylic acids is 1. The molecule has 0 saturated carbocycles. The molecule has 0 saturated heterocycles. The highest BCUT2D eigenvalue weighted by molar-refractivity contribution is 5.93. The van der Waals surface area contributed by atoms with E-state index >= 15 is 0 Å². The van der Waals surface area contributed by atoms with E-state index in [2.05, 4.69) is 21.3 Å². The second kappa shape index (κ2) is 19.6. The Morgan fingerprint density at radius 1 is 0.685 bits per heavy atom. The Balaban J connectivity index is 1.62. The quantitative estimate of drug-likeness (QED) is 0.0837. The Bertz CT molecular complexity index is 1870. The number of alkyl carbamates (subject to hydrolysis) is 1. The van der Waals surface area contributed by atoms with E-state index in [0.29, 0.717) is 12.1 Å². The lowest BCUT2D eigenvalue weighted by Gasteiger charge is -2.26. The summed E-state index contributed by atoms with van der Waals surface area (Å²) in [5.74, 6) is -4.07. The summed E-state index contributed by atoms with van der Waals surface area (Å²) in [5, 5.41) is 30.7. The van der Waals surface area contributed by atoms with Gasteiger partial charge in [0.1, 0.15) is 29.0 Å². The Kier molecular flexibility index (Phi) is 14.7. The monoisotopic (exact) mass is 738 g/mol. The largest absolute Gasteiger partial charge is 0.481 e. The van der Waals surface area contributed by atoms with Crippen LogP contribution in [0.25, 0.3) is 0 Å². The van der Waals surface area contributed by atoms with Gasteiger partial charge in [0.25, 0.3) is 0 Å². The van der Waals surface area contributed by atoms with E-state index in [-0.39, 0.29) is 36.7 Å². The van der Waals surface area contributed by atoms with Crippen molar-refractivity contribution in [3.8, 4) is 5.75 Å². The first-order valence-electron chi connectivity index (χ1n) is 17.4. The number of ether oxygens (including phenoxy) is 2. The van der Waals surface area contributed by atoms with Crippen molar-refractivity contribution in [2.75, 3.05) is 13.2 Å². The zero-order valence-electron chi connectivity index (χ0n) is 30.4. The number of hydrogen-bond acceptors (Lipinski definition) is 8. The van der Waals surface area contributed by atoms with Crippen LogP contribution in [0.1, 0.15) is 59.4 Å². The minimum atomic E-state index is -1.37. The smallest absolute Gasteiger partial charge is 0.408 e. The summed E-state index contributed by atoms with van der Waals surface area (Å²) < 4.78 is 10.6. The van der Waals surface area contributed by atoms with Crippen molar-refractivity contribution in [2.24, 2.45) is 0 Å². The van der Waals surface area contributed by atoms with Crippen LogP contribution >= 0.6 is 0 Å². The van der Waals surface area contributed by atoms with Gasteiger partial charge in [-0.25, -0.2) is 14.4 Å². The first kappa shape index (κ1) is 40.6. The summed E-state index contributed by atoms with van der Waals surface area (Å²) in [6.07, 6.45) is -0.897. The fraction of sp³-hybridized carbons (Fsp3) is 0.293. The van der Waals surface area contributed by atoms with E-state index in [9.17, 15) is 29.1 Å². The van der Waals surface area contributed by atoms with E-state index < -0.39 is 54.1 Å². The number of carboxylic acids is 2. The topological polar surface area (TPSA) is 192 Å². The first-order valence-corrected chi connectivity index (χ1v) is 17.4. The summed E-state index contributed by atoms with van der Waals surface area (Å²) >= 11 is 0. The Hall–Kier alpha value is -6.21. The van der Waals surface area contributed by atoms with E-state index in [4.69, 9.17) is 14.6 Å². The van der Waals surface area contributed by atoms with Gasteiger partial charge in [-0.05, 0) is 55.2 Å². The van der Waals surface area contributed by atoms with Gasteiger partial charge in [-0.2, -0.15) is 0 Å². The molecule has 0 fully saturated rings. The number of hydrogen-bond donors (Lipinski definition) is 6. The number of aliphatic carboxylic acids is 1. The lowest BCUT2D eigenvalue weighted by atomic mass is 10.00. The number of benzene rings is 4. The summed E-state index contributed by atoms with van der Waals surface area (Å²) in [5.41, 5.74) is 1.89. The highest BCUT2D eigenvalue weighted by atomic mass is 16.6. The van der Waals surface area contributed by atoms with Crippen molar-refractivity contribution >= 4 is 29.8 Å². The lowest BCUT2D eigenvalue weighted by molar-refractivity contribution is -0.139. The summed E-state index contributed by atoms with van der Waals surface area (Å²) in [7, 11) is 0. The van der Waals surface area contributed by atoms with Gasteiger partial charge in [-0.1, -0.05) is 97.1 Å². The zero-order valence-corrected chi connectivity index (χ0v) is 30.4. The molecule has 4 rings (SSSR count). The maximum atomic E-state index is 14.1. The standard InChI is InChI=1S/C41H46N4O9/c1-41(2,3)54-40(52)45-33(22-27-13-7-4-8-14-27)38(49)44-32(23-29-19-20-35(53-26-36(46)47)31(21-29)39(50)51)37(48)43-25-34(30-17-11-6-12-18-30)42-24-28-15-9-5-10-16-28/h4-21,32-34,42H,22-26H2,1-3H3,(H,43,48)(H,44,49)(H,45,52)(H,46,47)(H,50,51)/t32-,33-,34?/m0/s1. The normalized spacial score (nSPS) is 12.7. The molecule has 3 atom stereocenters. The third kappa shape index (κ3) is 13.4. The van der Waals surface area contributed by atoms with Crippen LogP contribution in [0, 0.1) is 0 Å². The second-order valence-corrected chi connectivity index (χ2v) is 13.5. The number of carbonyl (C=O) groups excluding carboxylic acids is 3. The predicted octanol–water partition coefficient (Wildman–Crippen LogP) is 4.66. The number of rotatable bonds is 18. The zero-order chi connectivity index (χ0) is 39.1. The van der Waals surface area contributed by atoms with Crippen LogP contribution in [0.15, 0.2) is 109 Å². The molecular formula is C41H46N4O9. The minimum absolute atomic E-state index is 0.0819. The third-order valence-corrected chi connectivity index (χ3v) is 8.07. The molecule has 0 aliphatic carbocycles. The van der Waals surface area contributed by atoms with Crippen molar-refractivity contribution in [1.82, 2.24) is 21.3 Å². The van der Waals surface area contributed by atoms with Gasteiger partial charge >= 0.3 is 18.0 Å². The Morgan fingerprint density at radius 3 is 1.85 bits per heavy atom. The van der Waals surface area contributed by atoms with E-state index in [1.54, 1.807) is 45.0 Å². The molecule has 0 bridgehead atoms. The average molecular weight is 739 g/mol. The Morgan fingerprint density at radius 2 is 1.26 bits per heavy atom. The molecule has 1 unspecified atom stereocenters. The van der Waals surface area contributed by atoms with E-state index in [0.717, 1.165) is 16.7 Å². The third-order valence-electron chi connectivity index (χ3n) is 8.07. The molecule has 13 heteroatoms. The van der Waals surface area contributed by atoms with Crippen LogP contribution in [0.5, 0.6) is 5.75 Å². The molecule has 0 spiro atoms. The molecule has 0 aliphatic heterocycles. The second-order valence-electron chi connectivity index (χ2n) is 13.5. The summed E-state index contributed by atoms with van der Waals surface area (Å²) in [4.78, 5) is 64.1. The molecule has 4 aromatic rings. The van der Waals surface area contributed by atoms with Crippen LogP contribution in [-0.4, -0.2) is 70.9 Å². The molecule has 0 radical (unpaired) electrons. The Labute approximate surface area is 314 Å². The fourth-order valence-corrected chi connectivity index (χ4v) is 5.52. The van der Waals surface area contributed by atoms with Gasteiger partial charge < -0.3 is 41.0 Å². The van der Waals surface area contributed by atoms with Crippen molar-refractivity contribution in [2.45, 2.75) is 63.9 Å². The number of amides is 3. The van der Waals surface area contributed by atoms with Crippen LogP contribution in [0.2, 0.25) is 0 Å². The van der Waals surface area contributed by atoms with Gasteiger partial charge in [0, 0.05) is 32.0 Å². The maximum Gasteiger partial charge on any atom is 0.408 e. The summed E-state index contributed by atoms with van der Waals surface area (Å²) in [6.45, 7) is 4.98. The molecule has 0 aliphatic rings. The molecule has 284 valence electrons. The molecule has 54 heavy (non-hydrogen) atoms. The van der Waals surface area contributed by atoms with Gasteiger partial charge in [-0.15, -0.1) is 0 Å². The van der Waals surface area contributed by atoms with Crippen LogP contribution in [-0.2, 0) is 38.5 Å². The predicted molar refractivity (Wildman–Crippen MR) is 201 cm³/mol. The van der Waals surface area contributed by atoms with Crippen molar-refractivity contribution in [3.63, 3.8) is 0 Å². The average Bonchev–Trinajstić information content (AvgIpc) is 3.14. The van der Waals surface area contributed by atoms with Crippen LogP contribution < -0.4 is 26.0 Å². The SMILES string of the molecule is CC(C)(C)OC(=O)N[C@@H](Cc1ccccc1)C(=O)N[C@@H](Cc1ccc(OCC(=O)O)c(C(=O)O)c1)C(=O)NCC(NCc1ccccc1)c1ccccc1. The van der Waals surface area contributed by atoms with Gasteiger partial charge in [0.15, 0.2) is 6.61 Å². The molecule has 6 N–H and O–H groups in total. The number of carboxylic acid groups (broad SMARTS) is 2.